The lowest BCUT2D eigenvalue weighted by molar-refractivity contribution is -0.129. The van der Waals surface area contributed by atoms with E-state index in [4.69, 9.17) is 0 Å². The number of nitrogens with zero attached hydrogens (tertiary/aromatic N) is 3. The number of hydrogen-bond acceptors (Lipinski definition) is 3. The van der Waals surface area contributed by atoms with Crippen LogP contribution in [-0.4, -0.2) is 67.0 Å². The Balaban J connectivity index is 1.21. The zero-order valence-electron chi connectivity index (χ0n) is 16.0. The van der Waals surface area contributed by atoms with E-state index in [2.05, 4.69) is 27.2 Å². The van der Waals surface area contributed by atoms with Crippen LogP contribution in [-0.2, 0) is 4.79 Å². The van der Waals surface area contributed by atoms with Crippen molar-refractivity contribution in [3.8, 4) is 0 Å². The molecule has 3 fully saturated rings. The van der Waals surface area contributed by atoms with Gasteiger partial charge in [-0.15, -0.1) is 0 Å². The number of carbonyl (C=O) groups excluding carboxylic acids is 2. The lowest BCUT2D eigenvalue weighted by atomic mass is 10.1. The molecule has 1 aromatic carbocycles. The van der Waals surface area contributed by atoms with Crippen molar-refractivity contribution in [2.45, 2.75) is 38.1 Å². The Kier molecular flexibility index (Phi) is 5.50. The standard InChI is InChI=1S/C21H30N4O2/c26-20-14-17(16-25(20)19-8-4-5-9-19)15-22-21(27)24-12-10-23(11-13-24)18-6-2-1-3-7-18/h1-3,6-7,17,19H,4-5,8-16H2,(H,22,27)/t17-/m0/s1. The summed E-state index contributed by atoms with van der Waals surface area (Å²) in [6, 6.07) is 10.8. The van der Waals surface area contributed by atoms with Gasteiger partial charge in [-0.25, -0.2) is 4.79 Å². The number of rotatable bonds is 4. The number of carbonyl (C=O) groups is 2. The van der Waals surface area contributed by atoms with Gasteiger partial charge in [-0.3, -0.25) is 4.79 Å². The van der Waals surface area contributed by atoms with Gasteiger partial charge in [0.05, 0.1) is 0 Å². The molecule has 0 radical (unpaired) electrons. The predicted octanol–water partition coefficient (Wildman–Crippen LogP) is 2.31. The van der Waals surface area contributed by atoms with Gasteiger partial charge >= 0.3 is 6.03 Å². The number of nitrogens with one attached hydrogen (secondary N) is 1. The minimum Gasteiger partial charge on any atom is -0.368 e. The van der Waals surface area contributed by atoms with Gasteiger partial charge in [0.2, 0.25) is 5.91 Å². The Morgan fingerprint density at radius 3 is 2.44 bits per heavy atom. The molecule has 2 aliphatic heterocycles. The SMILES string of the molecule is O=C(NC[C@@H]1CC(=O)N(C2CCCC2)C1)N1CCN(c2ccccc2)CC1. The summed E-state index contributed by atoms with van der Waals surface area (Å²) in [5.74, 6) is 0.533. The van der Waals surface area contributed by atoms with Gasteiger partial charge < -0.3 is 20.0 Å². The molecule has 27 heavy (non-hydrogen) atoms. The minimum atomic E-state index is 0.00878. The van der Waals surface area contributed by atoms with Crippen molar-refractivity contribution in [3.63, 3.8) is 0 Å². The summed E-state index contributed by atoms with van der Waals surface area (Å²) in [7, 11) is 0. The molecule has 6 heteroatoms. The molecule has 0 bridgehead atoms. The third-order valence-electron chi connectivity index (χ3n) is 6.23. The molecular weight excluding hydrogens is 340 g/mol. The average molecular weight is 370 g/mol. The summed E-state index contributed by atoms with van der Waals surface area (Å²) in [6.07, 6.45) is 5.36. The molecule has 3 aliphatic rings. The van der Waals surface area contributed by atoms with E-state index in [-0.39, 0.29) is 17.9 Å². The van der Waals surface area contributed by atoms with Crippen LogP contribution in [0.15, 0.2) is 30.3 Å². The quantitative estimate of drug-likeness (QED) is 0.885. The molecule has 146 valence electrons. The summed E-state index contributed by atoms with van der Waals surface area (Å²) >= 11 is 0. The van der Waals surface area contributed by atoms with Crippen molar-refractivity contribution in [3.05, 3.63) is 30.3 Å². The number of para-hydroxylation sites is 1. The van der Waals surface area contributed by atoms with Gasteiger partial charge in [0.15, 0.2) is 0 Å². The maximum atomic E-state index is 12.5. The Morgan fingerprint density at radius 2 is 1.74 bits per heavy atom. The zero-order valence-corrected chi connectivity index (χ0v) is 16.0. The van der Waals surface area contributed by atoms with Crippen LogP contribution < -0.4 is 10.2 Å². The van der Waals surface area contributed by atoms with Gasteiger partial charge in [0.25, 0.3) is 0 Å². The van der Waals surface area contributed by atoms with E-state index >= 15 is 0 Å². The molecule has 0 unspecified atom stereocenters. The fourth-order valence-electron chi connectivity index (χ4n) is 4.66. The van der Waals surface area contributed by atoms with E-state index < -0.39 is 0 Å². The summed E-state index contributed by atoms with van der Waals surface area (Å²) in [5, 5.41) is 3.07. The Bertz CT molecular complexity index is 651. The molecule has 2 saturated heterocycles. The Hall–Kier alpha value is -2.24. The Labute approximate surface area is 161 Å². The maximum absolute atomic E-state index is 12.5. The van der Waals surface area contributed by atoms with Crippen molar-refractivity contribution < 1.29 is 9.59 Å². The van der Waals surface area contributed by atoms with Crippen LogP contribution in [0.5, 0.6) is 0 Å². The molecule has 1 atom stereocenters. The molecule has 2 heterocycles. The predicted molar refractivity (Wildman–Crippen MR) is 106 cm³/mol. The second kappa shape index (κ2) is 8.19. The highest BCUT2D eigenvalue weighted by Gasteiger charge is 2.35. The zero-order chi connectivity index (χ0) is 18.6. The molecule has 0 spiro atoms. The topological polar surface area (TPSA) is 55.9 Å². The summed E-state index contributed by atoms with van der Waals surface area (Å²) < 4.78 is 0. The third kappa shape index (κ3) is 4.20. The number of urea groups is 1. The largest absolute Gasteiger partial charge is 0.368 e. The molecule has 1 aromatic rings. The van der Waals surface area contributed by atoms with E-state index in [1.54, 1.807) is 0 Å². The molecule has 1 N–H and O–H groups in total. The average Bonchev–Trinajstić information content (AvgIpc) is 3.36. The molecule has 1 aliphatic carbocycles. The first-order valence-corrected chi connectivity index (χ1v) is 10.3. The monoisotopic (exact) mass is 370 g/mol. The van der Waals surface area contributed by atoms with Crippen molar-refractivity contribution in [2.75, 3.05) is 44.2 Å². The van der Waals surface area contributed by atoms with Crippen LogP contribution in [0.3, 0.4) is 0 Å². The number of piperazine rings is 1. The lowest BCUT2D eigenvalue weighted by Gasteiger charge is -2.36. The van der Waals surface area contributed by atoms with Crippen LogP contribution in [0.1, 0.15) is 32.1 Å². The van der Waals surface area contributed by atoms with E-state index in [0.717, 1.165) is 45.6 Å². The lowest BCUT2D eigenvalue weighted by Crippen LogP contribution is -2.52. The van der Waals surface area contributed by atoms with Crippen molar-refractivity contribution in [1.29, 1.82) is 0 Å². The van der Waals surface area contributed by atoms with E-state index in [1.807, 2.05) is 23.1 Å². The summed E-state index contributed by atoms with van der Waals surface area (Å²) in [6.45, 7) is 4.60. The number of benzene rings is 1. The second-order valence-corrected chi connectivity index (χ2v) is 8.05. The van der Waals surface area contributed by atoms with Crippen LogP contribution in [0, 0.1) is 5.92 Å². The Morgan fingerprint density at radius 1 is 1.04 bits per heavy atom. The van der Waals surface area contributed by atoms with Crippen LogP contribution in [0.25, 0.3) is 0 Å². The smallest absolute Gasteiger partial charge is 0.317 e. The van der Waals surface area contributed by atoms with Crippen LogP contribution in [0.4, 0.5) is 10.5 Å². The molecule has 3 amide bonds. The first-order valence-electron chi connectivity index (χ1n) is 10.3. The van der Waals surface area contributed by atoms with Crippen molar-refractivity contribution in [2.24, 2.45) is 5.92 Å². The molecule has 4 rings (SSSR count). The first kappa shape index (κ1) is 18.1. The van der Waals surface area contributed by atoms with E-state index in [9.17, 15) is 9.59 Å². The summed E-state index contributed by atoms with van der Waals surface area (Å²) in [4.78, 5) is 31.1. The number of amides is 3. The first-order chi connectivity index (χ1) is 13.2. The molecular formula is C21H30N4O2. The fraction of sp³-hybridized carbons (Fsp3) is 0.619. The summed E-state index contributed by atoms with van der Waals surface area (Å²) in [5.41, 5.74) is 1.22. The van der Waals surface area contributed by atoms with E-state index in [0.29, 0.717) is 19.0 Å². The van der Waals surface area contributed by atoms with Crippen LogP contribution >= 0.6 is 0 Å². The number of hydrogen-bond donors (Lipinski definition) is 1. The third-order valence-corrected chi connectivity index (χ3v) is 6.23. The highest BCUT2D eigenvalue weighted by atomic mass is 16.2. The van der Waals surface area contributed by atoms with Gasteiger partial charge in [-0.2, -0.15) is 0 Å². The van der Waals surface area contributed by atoms with Crippen molar-refractivity contribution in [1.82, 2.24) is 15.1 Å². The second-order valence-electron chi connectivity index (χ2n) is 8.05. The minimum absolute atomic E-state index is 0.00878. The highest BCUT2D eigenvalue weighted by molar-refractivity contribution is 5.79. The fourth-order valence-corrected chi connectivity index (χ4v) is 4.66. The molecule has 0 aromatic heterocycles. The maximum Gasteiger partial charge on any atom is 0.317 e. The van der Waals surface area contributed by atoms with Crippen molar-refractivity contribution >= 4 is 17.6 Å². The molecule has 1 saturated carbocycles. The van der Waals surface area contributed by atoms with Gasteiger partial charge in [-0.1, -0.05) is 31.0 Å². The van der Waals surface area contributed by atoms with Crippen LogP contribution in [0.2, 0.25) is 0 Å². The highest BCUT2D eigenvalue weighted by Crippen LogP contribution is 2.29. The number of likely N-dealkylation sites (tertiary alicyclic amines) is 1. The normalized spacial score (nSPS) is 23.9. The van der Waals surface area contributed by atoms with Gasteiger partial charge in [-0.05, 0) is 25.0 Å². The molecule has 6 nitrogen and oxygen atoms in total. The van der Waals surface area contributed by atoms with Gasteiger partial charge in [0, 0.05) is 63.3 Å². The number of anilines is 1. The van der Waals surface area contributed by atoms with E-state index in [1.165, 1.54) is 18.5 Å². The van der Waals surface area contributed by atoms with Gasteiger partial charge in [0.1, 0.15) is 0 Å².